The van der Waals surface area contributed by atoms with Crippen LogP contribution in [0.3, 0.4) is 0 Å². The molecule has 2 aliphatic heterocycles. The molecule has 20 heavy (non-hydrogen) atoms. The molecule has 4 heteroatoms. The van der Waals surface area contributed by atoms with Crippen molar-refractivity contribution in [3.63, 3.8) is 0 Å². The molecular formula is C16H24FN3. The summed E-state index contributed by atoms with van der Waals surface area (Å²) in [4.78, 5) is 5.10. The van der Waals surface area contributed by atoms with Crippen molar-refractivity contribution in [2.24, 2.45) is 0 Å². The van der Waals surface area contributed by atoms with E-state index >= 15 is 0 Å². The van der Waals surface area contributed by atoms with Gasteiger partial charge in [-0.3, -0.25) is 4.90 Å². The highest BCUT2D eigenvalue weighted by Gasteiger charge is 2.25. The van der Waals surface area contributed by atoms with Gasteiger partial charge >= 0.3 is 0 Å². The van der Waals surface area contributed by atoms with Crippen molar-refractivity contribution in [2.75, 3.05) is 45.8 Å². The first-order valence-electron chi connectivity index (χ1n) is 7.75. The van der Waals surface area contributed by atoms with E-state index in [1.165, 1.54) is 31.5 Å². The van der Waals surface area contributed by atoms with Crippen LogP contribution in [0.25, 0.3) is 0 Å². The number of hydrogen-bond acceptors (Lipinski definition) is 3. The maximum atomic E-state index is 13.2. The lowest BCUT2D eigenvalue weighted by molar-refractivity contribution is 0.135. The molecule has 2 heterocycles. The van der Waals surface area contributed by atoms with Gasteiger partial charge in [0.25, 0.3) is 0 Å². The second kappa shape index (κ2) is 6.66. The molecule has 0 aromatic heterocycles. The molecule has 2 aliphatic rings. The van der Waals surface area contributed by atoms with Gasteiger partial charge < -0.3 is 10.2 Å². The van der Waals surface area contributed by atoms with Crippen molar-refractivity contribution in [1.82, 2.24) is 15.1 Å². The third-order valence-electron chi connectivity index (χ3n) is 4.48. The third-order valence-corrected chi connectivity index (χ3v) is 4.48. The predicted molar refractivity (Wildman–Crippen MR) is 79.3 cm³/mol. The molecule has 0 spiro atoms. The van der Waals surface area contributed by atoms with Gasteiger partial charge in [-0.05, 0) is 43.6 Å². The van der Waals surface area contributed by atoms with Crippen molar-refractivity contribution < 1.29 is 4.39 Å². The van der Waals surface area contributed by atoms with Crippen LogP contribution in [-0.2, 0) is 0 Å². The molecule has 1 aromatic carbocycles. The molecule has 1 unspecified atom stereocenters. The van der Waals surface area contributed by atoms with Crippen LogP contribution < -0.4 is 5.32 Å². The summed E-state index contributed by atoms with van der Waals surface area (Å²) < 4.78 is 13.2. The van der Waals surface area contributed by atoms with Gasteiger partial charge in [0.15, 0.2) is 0 Å². The van der Waals surface area contributed by atoms with Crippen molar-refractivity contribution in [1.29, 1.82) is 0 Å². The topological polar surface area (TPSA) is 18.5 Å². The number of likely N-dealkylation sites (tertiary alicyclic amines) is 1. The van der Waals surface area contributed by atoms with Gasteiger partial charge in [-0.2, -0.15) is 0 Å². The van der Waals surface area contributed by atoms with Gasteiger partial charge in [-0.1, -0.05) is 12.1 Å². The van der Waals surface area contributed by atoms with E-state index in [0.717, 1.165) is 32.7 Å². The number of nitrogens with one attached hydrogen (secondary N) is 1. The molecule has 110 valence electrons. The Bertz CT molecular complexity index is 408. The molecular weight excluding hydrogens is 253 g/mol. The van der Waals surface area contributed by atoms with Crippen molar-refractivity contribution >= 4 is 0 Å². The number of benzene rings is 1. The number of piperazine rings is 1. The van der Waals surface area contributed by atoms with E-state index in [0.29, 0.717) is 6.04 Å². The Morgan fingerprint density at radius 1 is 1.00 bits per heavy atom. The molecule has 2 saturated heterocycles. The Hall–Kier alpha value is -0.970. The number of halogens is 1. The fraction of sp³-hybridized carbons (Fsp3) is 0.625. The maximum absolute atomic E-state index is 13.2. The second-order valence-electron chi connectivity index (χ2n) is 5.86. The van der Waals surface area contributed by atoms with E-state index in [1.807, 2.05) is 12.1 Å². The summed E-state index contributed by atoms with van der Waals surface area (Å²) in [6, 6.07) is 7.50. The zero-order chi connectivity index (χ0) is 13.8. The molecule has 3 rings (SSSR count). The summed E-state index contributed by atoms with van der Waals surface area (Å²) >= 11 is 0. The Labute approximate surface area is 120 Å². The Balaban J connectivity index is 1.75. The highest BCUT2D eigenvalue weighted by atomic mass is 19.1. The van der Waals surface area contributed by atoms with Gasteiger partial charge in [-0.25, -0.2) is 4.39 Å². The number of nitrogens with zero attached hydrogens (tertiary/aromatic N) is 2. The highest BCUT2D eigenvalue weighted by molar-refractivity contribution is 5.21. The molecule has 0 radical (unpaired) electrons. The van der Waals surface area contributed by atoms with Crippen LogP contribution in [0.5, 0.6) is 0 Å². The minimum absolute atomic E-state index is 0.144. The second-order valence-corrected chi connectivity index (χ2v) is 5.86. The molecule has 1 aromatic rings. The van der Waals surface area contributed by atoms with Crippen LogP contribution in [0, 0.1) is 5.82 Å². The van der Waals surface area contributed by atoms with E-state index in [2.05, 4.69) is 15.1 Å². The molecule has 0 saturated carbocycles. The first-order chi connectivity index (χ1) is 9.83. The van der Waals surface area contributed by atoms with Crippen LogP contribution in [0.1, 0.15) is 24.4 Å². The first-order valence-corrected chi connectivity index (χ1v) is 7.75. The van der Waals surface area contributed by atoms with Crippen LogP contribution in [0.2, 0.25) is 0 Å². The monoisotopic (exact) mass is 277 g/mol. The standard InChI is InChI=1S/C16H24FN3/c17-15-5-3-14(4-6-15)16(13-19-9-1-2-10-19)20-11-7-18-8-12-20/h3-6,16,18H,1-2,7-13H2. The average Bonchev–Trinajstić information content (AvgIpc) is 3.00. The largest absolute Gasteiger partial charge is 0.314 e. The van der Waals surface area contributed by atoms with Gasteiger partial charge in [0, 0.05) is 38.8 Å². The summed E-state index contributed by atoms with van der Waals surface area (Å²) in [6.07, 6.45) is 2.63. The lowest BCUT2D eigenvalue weighted by Crippen LogP contribution is -2.47. The molecule has 2 fully saturated rings. The summed E-state index contributed by atoms with van der Waals surface area (Å²) in [6.45, 7) is 7.76. The lowest BCUT2D eigenvalue weighted by Gasteiger charge is -2.37. The number of hydrogen-bond donors (Lipinski definition) is 1. The van der Waals surface area contributed by atoms with Gasteiger partial charge in [0.2, 0.25) is 0 Å². The molecule has 1 N–H and O–H groups in total. The Morgan fingerprint density at radius 3 is 2.30 bits per heavy atom. The SMILES string of the molecule is Fc1ccc(C(CN2CCCC2)N2CCNCC2)cc1. The van der Waals surface area contributed by atoms with Crippen LogP contribution >= 0.6 is 0 Å². The van der Waals surface area contributed by atoms with Crippen LogP contribution in [0.4, 0.5) is 4.39 Å². The molecule has 0 bridgehead atoms. The normalized spacial score (nSPS) is 23.1. The molecule has 1 atom stereocenters. The van der Waals surface area contributed by atoms with E-state index in [-0.39, 0.29) is 5.82 Å². The van der Waals surface area contributed by atoms with Crippen molar-refractivity contribution in [2.45, 2.75) is 18.9 Å². The minimum atomic E-state index is -0.144. The van der Waals surface area contributed by atoms with Crippen LogP contribution in [-0.4, -0.2) is 55.6 Å². The lowest BCUT2D eigenvalue weighted by atomic mass is 10.0. The average molecular weight is 277 g/mol. The smallest absolute Gasteiger partial charge is 0.123 e. The molecule has 0 amide bonds. The van der Waals surface area contributed by atoms with Gasteiger partial charge in [0.05, 0.1) is 0 Å². The minimum Gasteiger partial charge on any atom is -0.314 e. The quantitative estimate of drug-likeness (QED) is 0.906. The zero-order valence-electron chi connectivity index (χ0n) is 12.0. The van der Waals surface area contributed by atoms with E-state index < -0.39 is 0 Å². The predicted octanol–water partition coefficient (Wildman–Crippen LogP) is 1.87. The summed E-state index contributed by atoms with van der Waals surface area (Å²) in [5, 5.41) is 3.41. The number of rotatable bonds is 4. The van der Waals surface area contributed by atoms with Crippen molar-refractivity contribution in [3.8, 4) is 0 Å². The van der Waals surface area contributed by atoms with Crippen molar-refractivity contribution in [3.05, 3.63) is 35.6 Å². The summed E-state index contributed by atoms with van der Waals surface area (Å²) in [5.41, 5.74) is 1.25. The highest BCUT2D eigenvalue weighted by Crippen LogP contribution is 2.24. The third kappa shape index (κ3) is 3.37. The Kier molecular flexibility index (Phi) is 4.65. The fourth-order valence-electron chi connectivity index (χ4n) is 3.32. The van der Waals surface area contributed by atoms with Gasteiger partial charge in [-0.15, -0.1) is 0 Å². The first kappa shape index (κ1) is 14.0. The van der Waals surface area contributed by atoms with E-state index in [4.69, 9.17) is 0 Å². The van der Waals surface area contributed by atoms with E-state index in [1.54, 1.807) is 12.1 Å². The zero-order valence-corrected chi connectivity index (χ0v) is 12.0. The fourth-order valence-corrected chi connectivity index (χ4v) is 3.32. The maximum Gasteiger partial charge on any atom is 0.123 e. The summed E-state index contributed by atoms with van der Waals surface area (Å²) in [5.74, 6) is -0.144. The molecule has 3 nitrogen and oxygen atoms in total. The van der Waals surface area contributed by atoms with E-state index in [9.17, 15) is 4.39 Å². The summed E-state index contributed by atoms with van der Waals surface area (Å²) in [7, 11) is 0. The Morgan fingerprint density at radius 2 is 1.65 bits per heavy atom. The van der Waals surface area contributed by atoms with Crippen LogP contribution in [0.15, 0.2) is 24.3 Å². The van der Waals surface area contributed by atoms with Gasteiger partial charge in [0.1, 0.15) is 5.82 Å². The molecule has 0 aliphatic carbocycles.